The van der Waals surface area contributed by atoms with Crippen LogP contribution in [-0.4, -0.2) is 199 Å². The largest absolute Gasteiger partial charge is 0.444 e. The first-order valence-electron chi connectivity index (χ1n) is 35.8. The fourth-order valence-electron chi connectivity index (χ4n) is 11.6. The lowest BCUT2D eigenvalue weighted by Crippen LogP contribution is -2.39. The molecule has 5 aromatic heterocycles. The summed E-state index contributed by atoms with van der Waals surface area (Å²) in [7, 11) is 0. The highest BCUT2D eigenvalue weighted by atomic mass is 35.5. The van der Waals surface area contributed by atoms with Crippen LogP contribution in [0.2, 0.25) is 40.4 Å². The van der Waals surface area contributed by atoms with Gasteiger partial charge in [-0.15, -0.1) is 0 Å². The van der Waals surface area contributed by atoms with Crippen molar-refractivity contribution in [2.45, 2.75) is 166 Å². The number of ketones is 1. The molecule has 5 atom stereocenters. The van der Waals surface area contributed by atoms with Crippen LogP contribution in [-0.2, 0) is 56.8 Å². The summed E-state index contributed by atoms with van der Waals surface area (Å²) in [6.45, 7) is 17.7. The van der Waals surface area contributed by atoms with E-state index in [1.165, 1.54) is 18.3 Å². The van der Waals surface area contributed by atoms with Crippen molar-refractivity contribution >= 4 is 133 Å². The third-order valence-corrected chi connectivity index (χ3v) is 20.6. The van der Waals surface area contributed by atoms with Crippen molar-refractivity contribution in [2.75, 3.05) is 77.6 Å². The lowest BCUT2D eigenvalue weighted by molar-refractivity contribution is -0.185. The first-order chi connectivity index (χ1) is 54.0. The summed E-state index contributed by atoms with van der Waals surface area (Å²) >= 11 is 47.3. The molecule has 6 N–H and O–H groups in total. The van der Waals surface area contributed by atoms with Gasteiger partial charge in [0, 0.05) is 102 Å². The van der Waals surface area contributed by atoms with Crippen molar-refractivity contribution in [3.63, 3.8) is 0 Å². The number of carbonyl (C=O) groups is 3. The summed E-state index contributed by atoms with van der Waals surface area (Å²) in [6, 6.07) is 10.9. The molecule has 634 valence electrons. The zero-order valence-electron chi connectivity index (χ0n) is 64.1. The summed E-state index contributed by atoms with van der Waals surface area (Å²) in [5, 5.41) is 43.1. The van der Waals surface area contributed by atoms with Crippen LogP contribution < -0.4 is 10.6 Å². The molecule has 1 aromatic carbocycles. The van der Waals surface area contributed by atoms with E-state index in [0.29, 0.717) is 78.9 Å². The summed E-state index contributed by atoms with van der Waals surface area (Å²) in [5.41, 5.74) is 3.21. The number of pyridine rings is 5. The number of Topliss-reactive ketones (excluding diaryl/α,β-unsaturated/α-hetero) is 1. The second-order valence-corrected chi connectivity index (χ2v) is 32.4. The maximum atomic E-state index is 14.9. The standard InChI is InChI=1S/C21H21Cl2F2N3O3.C21H27ClF2N2O4.C13H15ClF2N2O2.C11H11Cl2F2NO2.C11H11Cl2NO3/c1-12-2-3-15(9-16(12)22)27-20(31)28-6-4-13(5-7-28)19-17(23)8-14(10-26-19)21(24,25)18(30)11-29;1-19(2,3)30-18(27)26-8-6-13(7-9-26)17-15(22)10-14(11-25-17)21(23,24)16-12-28-20(4,5)29-16;14-10-5-9(13(15,16)11(20)7-19)6-18-12(10)8-1-3-17-4-2-8;1-10(2)17-5-8(18-10)11(14,15)6-3-7(12)9(13)16-4-6;1-11(2)16-5-8(17-11)9(15)6-3-7(12)10(13)14-4-6/h2-4,8-10,18,29-30H,5-7,11H2,1H3,(H,27,31);6,10-11,16H,7-9,12H2,1-5H3;1,5-6,11,17,19-20H,2-4,7H2;3-4,8H,5H2,1-2H3;3-4,8H,5H2,1-2H3/t18-;16-;11-;2*8-/m00000/s1. The Morgan fingerprint density at radius 2 is 0.974 bits per heavy atom. The molecule has 0 bridgehead atoms. The van der Waals surface area contributed by atoms with Crippen LogP contribution in [0.5, 0.6) is 0 Å². The van der Waals surface area contributed by atoms with Crippen molar-refractivity contribution in [3.05, 3.63) is 189 Å². The van der Waals surface area contributed by atoms with Gasteiger partial charge in [0.25, 0.3) is 0 Å². The Morgan fingerprint density at radius 1 is 0.552 bits per heavy atom. The minimum absolute atomic E-state index is 0.000707. The second kappa shape index (κ2) is 39.5. The number of aryl methyl sites for hydroxylation is 1. The van der Waals surface area contributed by atoms with Gasteiger partial charge in [0.15, 0.2) is 35.4 Å². The number of nitrogens with one attached hydrogen (secondary N) is 2. The number of anilines is 1. The van der Waals surface area contributed by atoms with Crippen molar-refractivity contribution in [1.29, 1.82) is 0 Å². The number of hydrogen-bond acceptors (Lipinski definition) is 20. The number of aliphatic hydroxyl groups is 4. The van der Waals surface area contributed by atoms with Crippen LogP contribution in [0.3, 0.4) is 0 Å². The molecule has 3 saturated heterocycles. The van der Waals surface area contributed by atoms with Gasteiger partial charge in [-0.25, -0.2) is 19.6 Å². The number of nitrogens with zero attached hydrogens (tertiary/aromatic N) is 7. The van der Waals surface area contributed by atoms with Crippen LogP contribution in [0.4, 0.5) is 50.4 Å². The third kappa shape index (κ3) is 25.0. The van der Waals surface area contributed by atoms with Crippen LogP contribution >= 0.6 is 92.8 Å². The van der Waals surface area contributed by atoms with Crippen LogP contribution in [0, 0.1) is 6.92 Å². The molecule has 11 heterocycles. The van der Waals surface area contributed by atoms with Gasteiger partial charge in [0.2, 0.25) is 0 Å². The van der Waals surface area contributed by atoms with Crippen LogP contribution in [0.1, 0.15) is 137 Å². The molecule has 12 rings (SSSR count). The smallest absolute Gasteiger partial charge is 0.410 e. The number of benzene rings is 1. The summed E-state index contributed by atoms with van der Waals surface area (Å²) < 4.78 is 151. The zero-order chi connectivity index (χ0) is 86.0. The molecular formula is C77H85Cl8F8N9O14. The van der Waals surface area contributed by atoms with E-state index >= 15 is 0 Å². The quantitative estimate of drug-likeness (QED) is 0.0298. The Bertz CT molecular complexity index is 4610. The Balaban J connectivity index is 0.000000185. The molecule has 0 radical (unpaired) electrons. The monoisotopic (exact) mass is 1790 g/mol. The van der Waals surface area contributed by atoms with Crippen molar-refractivity contribution < 1.29 is 103 Å². The van der Waals surface area contributed by atoms with E-state index in [4.69, 9.17) is 141 Å². The average molecular weight is 1800 g/mol. The predicted octanol–water partition coefficient (Wildman–Crippen LogP) is 17.4. The molecule has 3 amide bonds. The number of urea groups is 1. The summed E-state index contributed by atoms with van der Waals surface area (Å²) in [4.78, 5) is 59.5. The molecule has 39 heteroatoms. The molecule has 0 aliphatic carbocycles. The lowest BCUT2D eigenvalue weighted by Gasteiger charge is -2.29. The fourth-order valence-corrected chi connectivity index (χ4v) is 13.2. The highest BCUT2D eigenvalue weighted by Crippen LogP contribution is 2.44. The molecule has 6 aliphatic rings. The Kier molecular flexibility index (Phi) is 32.4. The first-order valence-corrected chi connectivity index (χ1v) is 38.8. The molecule has 23 nitrogen and oxygen atoms in total. The number of ether oxygens (including phenoxy) is 7. The van der Waals surface area contributed by atoms with E-state index in [1.807, 2.05) is 25.1 Å². The van der Waals surface area contributed by atoms with Gasteiger partial charge in [-0.3, -0.25) is 19.7 Å². The molecule has 0 spiro atoms. The molecule has 0 unspecified atom stereocenters. The molecule has 6 aliphatic heterocycles. The molecule has 0 saturated carbocycles. The average Bonchev–Trinajstić information content (AvgIpc) is 1.56. The molecule has 116 heavy (non-hydrogen) atoms. The number of halogens is 16. The Morgan fingerprint density at radius 3 is 1.36 bits per heavy atom. The van der Waals surface area contributed by atoms with E-state index in [-0.39, 0.29) is 78.2 Å². The minimum Gasteiger partial charge on any atom is -0.444 e. The third-order valence-electron chi connectivity index (χ3n) is 18.0. The van der Waals surface area contributed by atoms with Gasteiger partial charge in [0.05, 0.1) is 75.2 Å². The second-order valence-electron chi connectivity index (χ2n) is 29.3. The summed E-state index contributed by atoms with van der Waals surface area (Å²) in [5.74, 6) is -16.8. The van der Waals surface area contributed by atoms with Crippen LogP contribution in [0.15, 0.2) is 97.7 Å². The minimum atomic E-state index is -3.68. The van der Waals surface area contributed by atoms with Gasteiger partial charge in [0.1, 0.15) is 34.2 Å². The maximum Gasteiger partial charge on any atom is 0.410 e. The number of carbonyl (C=O) groups excluding carboxylic acids is 3. The van der Waals surface area contributed by atoms with Gasteiger partial charge < -0.3 is 74.0 Å². The Hall–Kier alpha value is -6.28. The number of hydrogen-bond donors (Lipinski definition) is 6. The normalized spacial score (nSPS) is 19.8. The summed E-state index contributed by atoms with van der Waals surface area (Å²) in [6.07, 6.45) is 4.34. The first kappa shape index (κ1) is 95.2. The van der Waals surface area contributed by atoms with Gasteiger partial charge >= 0.3 is 35.8 Å². The topological polar surface area (TPSA) is 292 Å². The number of aromatic nitrogens is 5. The maximum absolute atomic E-state index is 14.9. The molecular weight excluding hydrogens is 1710 g/mol. The van der Waals surface area contributed by atoms with E-state index in [1.54, 1.807) is 90.3 Å². The SMILES string of the molecule is CC(C)(C)OC(=O)N1CC=C(c2ncc(C(F)(F)[C@@H]3COC(C)(C)O3)cc2Cl)CC1.CC1(C)OC[C@@H](C(=O)c2cnc(Cl)c(Cl)c2)O1.CC1(C)OC[C@@H](C(F)(F)c2cnc(Cl)c(Cl)c2)O1.Cc1ccc(NC(=O)N2CC=C(c3ncc(C(F)(F)[C@@H](O)CO)cc3Cl)CC2)cc1Cl.OC[C@H](O)C(F)(F)c1cnc(C2=CCNCC2)c(Cl)c1. The zero-order valence-corrected chi connectivity index (χ0v) is 70.1. The van der Waals surface area contributed by atoms with Gasteiger partial charge in [-0.05, 0) is 160 Å². The van der Waals surface area contributed by atoms with Gasteiger partial charge in [-0.1, -0.05) is 117 Å². The number of rotatable bonds is 16. The highest BCUT2D eigenvalue weighted by Gasteiger charge is 2.52. The van der Waals surface area contributed by atoms with Crippen LogP contribution in [0.25, 0.3) is 16.7 Å². The van der Waals surface area contributed by atoms with Crippen molar-refractivity contribution in [2.24, 2.45) is 0 Å². The lowest BCUT2D eigenvalue weighted by atomic mass is 10.0. The van der Waals surface area contributed by atoms with E-state index in [9.17, 15) is 54.6 Å². The van der Waals surface area contributed by atoms with E-state index in [0.717, 1.165) is 78.2 Å². The van der Waals surface area contributed by atoms with E-state index in [2.05, 4.69) is 35.6 Å². The fraction of sp³-hybridized carbons (Fsp3) is 0.481. The number of aliphatic hydroxyl groups excluding tert-OH is 4. The number of alkyl halides is 8. The number of amides is 3. The molecule has 6 aromatic rings. The Labute approximate surface area is 703 Å². The highest BCUT2D eigenvalue weighted by molar-refractivity contribution is 6.42. The predicted molar refractivity (Wildman–Crippen MR) is 422 cm³/mol. The van der Waals surface area contributed by atoms with E-state index < -0.39 is 108 Å². The van der Waals surface area contributed by atoms with Crippen molar-refractivity contribution in [1.82, 2.24) is 40.0 Å². The van der Waals surface area contributed by atoms with Gasteiger partial charge in [-0.2, -0.15) is 35.1 Å². The van der Waals surface area contributed by atoms with Crippen molar-refractivity contribution in [3.8, 4) is 0 Å². The molecule has 3 fully saturated rings.